The lowest BCUT2D eigenvalue weighted by Crippen LogP contribution is -2.59. The normalized spacial score (nSPS) is 26.5. The van der Waals surface area contributed by atoms with Gasteiger partial charge in [0.1, 0.15) is 6.04 Å². The number of amides is 1. The van der Waals surface area contributed by atoms with Gasteiger partial charge in [0, 0.05) is 19.1 Å². The molecule has 0 spiro atoms. The van der Waals surface area contributed by atoms with E-state index in [2.05, 4.69) is 25.2 Å². The van der Waals surface area contributed by atoms with Crippen LogP contribution in [0.5, 0.6) is 0 Å². The third-order valence-electron chi connectivity index (χ3n) is 2.67. The van der Waals surface area contributed by atoms with Gasteiger partial charge in [-0.05, 0) is 13.3 Å². The summed E-state index contributed by atoms with van der Waals surface area (Å²) in [6.07, 6.45) is 2.40. The fourth-order valence-corrected chi connectivity index (χ4v) is 1.90. The van der Waals surface area contributed by atoms with E-state index >= 15 is 0 Å². The van der Waals surface area contributed by atoms with E-state index in [-0.39, 0.29) is 24.4 Å². The Bertz CT molecular complexity index is 259. The highest BCUT2D eigenvalue weighted by atomic mass is 16.2. The van der Waals surface area contributed by atoms with Crippen LogP contribution in [0, 0.1) is 11.3 Å². The summed E-state index contributed by atoms with van der Waals surface area (Å²) in [6.45, 7) is 5.75. The van der Waals surface area contributed by atoms with Gasteiger partial charge >= 0.3 is 0 Å². The molecule has 1 saturated heterocycles. The molecule has 1 N–H and O–H groups in total. The molecule has 1 fully saturated rings. The van der Waals surface area contributed by atoms with Crippen LogP contribution in [0.2, 0.25) is 0 Å². The Morgan fingerprint density at radius 1 is 1.67 bits per heavy atom. The second-order valence-corrected chi connectivity index (χ2v) is 4.12. The smallest absolute Gasteiger partial charge is 0.240 e. The van der Waals surface area contributed by atoms with Crippen molar-refractivity contribution in [3.63, 3.8) is 0 Å². The Labute approximate surface area is 91.2 Å². The summed E-state index contributed by atoms with van der Waals surface area (Å²) in [5.41, 5.74) is 0. The predicted molar refractivity (Wildman–Crippen MR) is 58.1 cm³/mol. The zero-order valence-electron chi connectivity index (χ0n) is 9.49. The van der Waals surface area contributed by atoms with Gasteiger partial charge in [0.05, 0.1) is 12.5 Å². The minimum Gasteiger partial charge on any atom is -0.340 e. The Morgan fingerprint density at radius 3 is 3.00 bits per heavy atom. The third kappa shape index (κ3) is 3.21. The van der Waals surface area contributed by atoms with E-state index in [1.54, 1.807) is 0 Å². The number of hydrogen-bond donors (Lipinski definition) is 1. The molecule has 0 aromatic heterocycles. The number of piperazine rings is 1. The maximum absolute atomic E-state index is 11.9. The average Bonchev–Trinajstić information content (AvgIpc) is 2.21. The van der Waals surface area contributed by atoms with Gasteiger partial charge in [-0.1, -0.05) is 13.3 Å². The van der Waals surface area contributed by atoms with E-state index in [0.29, 0.717) is 0 Å². The molecule has 4 nitrogen and oxygen atoms in total. The fraction of sp³-hybridized carbons (Fsp3) is 0.818. The van der Waals surface area contributed by atoms with Crippen molar-refractivity contribution in [2.75, 3.05) is 13.1 Å². The lowest BCUT2D eigenvalue weighted by atomic mass is 10.1. The maximum atomic E-state index is 11.9. The van der Waals surface area contributed by atoms with Crippen LogP contribution < -0.4 is 5.32 Å². The Kier molecular flexibility index (Phi) is 4.57. The molecule has 0 aliphatic carbocycles. The SMILES string of the molecule is CCCCN1CC(C)NC(CC#N)C1=O. The molecule has 4 heteroatoms. The zero-order valence-corrected chi connectivity index (χ0v) is 9.49. The van der Waals surface area contributed by atoms with Gasteiger partial charge in [0.25, 0.3) is 0 Å². The highest BCUT2D eigenvalue weighted by Crippen LogP contribution is 2.09. The second kappa shape index (κ2) is 5.72. The number of carbonyl (C=O) groups is 1. The highest BCUT2D eigenvalue weighted by molar-refractivity contribution is 5.83. The van der Waals surface area contributed by atoms with Gasteiger partial charge in [-0.25, -0.2) is 0 Å². The first-order chi connectivity index (χ1) is 7.19. The van der Waals surface area contributed by atoms with Crippen LogP contribution in [0.25, 0.3) is 0 Å². The summed E-state index contributed by atoms with van der Waals surface area (Å²) in [5, 5.41) is 11.8. The molecular weight excluding hydrogens is 190 g/mol. The van der Waals surface area contributed by atoms with E-state index in [9.17, 15) is 4.79 Å². The van der Waals surface area contributed by atoms with Gasteiger partial charge in [0.2, 0.25) is 5.91 Å². The molecule has 0 bridgehead atoms. The Morgan fingerprint density at radius 2 is 2.40 bits per heavy atom. The van der Waals surface area contributed by atoms with E-state index in [1.807, 2.05) is 4.90 Å². The molecular formula is C11H19N3O. The van der Waals surface area contributed by atoms with Gasteiger partial charge < -0.3 is 10.2 Å². The van der Waals surface area contributed by atoms with Gasteiger partial charge in [-0.3, -0.25) is 4.79 Å². The summed E-state index contributed by atoms with van der Waals surface area (Å²) in [5.74, 6) is 0.0862. The van der Waals surface area contributed by atoms with Crippen molar-refractivity contribution in [3.8, 4) is 6.07 Å². The molecule has 0 radical (unpaired) electrons. The van der Waals surface area contributed by atoms with Crippen LogP contribution >= 0.6 is 0 Å². The number of unbranched alkanes of at least 4 members (excludes halogenated alkanes) is 1. The standard InChI is InChI=1S/C11H19N3O/c1-3-4-7-14-8-9(2)13-10(5-6-12)11(14)15/h9-10,13H,3-5,7-8H2,1-2H3. The Hall–Kier alpha value is -1.08. The third-order valence-corrected chi connectivity index (χ3v) is 2.67. The van der Waals surface area contributed by atoms with Gasteiger partial charge in [0.15, 0.2) is 0 Å². The summed E-state index contributed by atoms with van der Waals surface area (Å²) in [6, 6.07) is 2.05. The predicted octanol–water partition coefficient (Wildman–Crippen LogP) is 0.889. The molecule has 1 rings (SSSR count). The molecule has 1 amide bonds. The fourth-order valence-electron chi connectivity index (χ4n) is 1.90. The minimum atomic E-state index is -0.296. The minimum absolute atomic E-state index is 0.0862. The molecule has 2 unspecified atom stereocenters. The first-order valence-corrected chi connectivity index (χ1v) is 5.60. The average molecular weight is 209 g/mol. The summed E-state index contributed by atoms with van der Waals surface area (Å²) >= 11 is 0. The molecule has 0 aromatic rings. The number of carbonyl (C=O) groups excluding carboxylic acids is 1. The number of nitriles is 1. The van der Waals surface area contributed by atoms with Gasteiger partial charge in [-0.2, -0.15) is 5.26 Å². The van der Waals surface area contributed by atoms with E-state index in [4.69, 9.17) is 5.26 Å². The van der Waals surface area contributed by atoms with Gasteiger partial charge in [-0.15, -0.1) is 0 Å². The summed E-state index contributed by atoms with van der Waals surface area (Å²) in [4.78, 5) is 13.8. The van der Waals surface area contributed by atoms with Crippen LogP contribution in [-0.4, -0.2) is 36.0 Å². The second-order valence-electron chi connectivity index (χ2n) is 4.12. The van der Waals surface area contributed by atoms with Crippen molar-refractivity contribution in [2.24, 2.45) is 0 Å². The molecule has 1 aliphatic rings. The topological polar surface area (TPSA) is 56.1 Å². The number of nitrogens with zero attached hydrogens (tertiary/aromatic N) is 2. The molecule has 0 saturated carbocycles. The summed E-state index contributed by atoms with van der Waals surface area (Å²) < 4.78 is 0. The first-order valence-electron chi connectivity index (χ1n) is 5.60. The van der Waals surface area contributed by atoms with Crippen LogP contribution in [0.3, 0.4) is 0 Å². The highest BCUT2D eigenvalue weighted by Gasteiger charge is 2.30. The molecule has 84 valence electrons. The van der Waals surface area contributed by atoms with Crippen molar-refractivity contribution in [1.29, 1.82) is 5.26 Å². The first kappa shape index (κ1) is 12.0. The maximum Gasteiger partial charge on any atom is 0.240 e. The lowest BCUT2D eigenvalue weighted by Gasteiger charge is -2.36. The van der Waals surface area contributed by atoms with Crippen molar-refractivity contribution in [1.82, 2.24) is 10.2 Å². The molecule has 1 aliphatic heterocycles. The van der Waals surface area contributed by atoms with Crippen molar-refractivity contribution < 1.29 is 4.79 Å². The van der Waals surface area contributed by atoms with Crippen molar-refractivity contribution in [3.05, 3.63) is 0 Å². The van der Waals surface area contributed by atoms with Crippen LogP contribution in [0.15, 0.2) is 0 Å². The zero-order chi connectivity index (χ0) is 11.3. The molecule has 0 aromatic carbocycles. The monoisotopic (exact) mass is 209 g/mol. The van der Waals surface area contributed by atoms with E-state index in [1.165, 1.54) is 0 Å². The van der Waals surface area contributed by atoms with Crippen molar-refractivity contribution >= 4 is 5.91 Å². The van der Waals surface area contributed by atoms with E-state index < -0.39 is 0 Å². The largest absolute Gasteiger partial charge is 0.340 e. The van der Waals surface area contributed by atoms with Crippen LogP contribution in [0.4, 0.5) is 0 Å². The number of hydrogen-bond acceptors (Lipinski definition) is 3. The number of rotatable bonds is 4. The summed E-state index contributed by atoms with van der Waals surface area (Å²) in [7, 11) is 0. The molecule has 1 heterocycles. The lowest BCUT2D eigenvalue weighted by molar-refractivity contribution is -0.136. The van der Waals surface area contributed by atoms with Crippen LogP contribution in [-0.2, 0) is 4.79 Å². The number of nitrogens with one attached hydrogen (secondary N) is 1. The molecule has 2 atom stereocenters. The van der Waals surface area contributed by atoms with E-state index in [0.717, 1.165) is 25.9 Å². The Balaban J connectivity index is 2.56. The van der Waals surface area contributed by atoms with Crippen LogP contribution in [0.1, 0.15) is 33.1 Å². The molecule has 15 heavy (non-hydrogen) atoms. The quantitative estimate of drug-likeness (QED) is 0.748. The van der Waals surface area contributed by atoms with Crippen molar-refractivity contribution in [2.45, 2.75) is 45.2 Å².